The molecule has 0 aliphatic carbocycles. The zero-order valence-electron chi connectivity index (χ0n) is 14.6. The third kappa shape index (κ3) is 3.04. The molecule has 0 N–H and O–H groups in total. The Morgan fingerprint density at radius 1 is 1.11 bits per heavy atom. The molecule has 136 valence electrons. The Morgan fingerprint density at radius 2 is 1.78 bits per heavy atom. The van der Waals surface area contributed by atoms with Crippen LogP contribution < -0.4 is 9.64 Å². The highest BCUT2D eigenvalue weighted by Gasteiger charge is 2.36. The lowest BCUT2D eigenvalue weighted by atomic mass is 10.1. The molecule has 0 fully saturated rings. The van der Waals surface area contributed by atoms with Gasteiger partial charge in [0.05, 0.1) is 21.3 Å². The van der Waals surface area contributed by atoms with Crippen LogP contribution in [0.5, 0.6) is 5.75 Å². The van der Waals surface area contributed by atoms with Crippen molar-refractivity contribution in [2.45, 2.75) is 0 Å². The van der Waals surface area contributed by atoms with Gasteiger partial charge >= 0.3 is 5.97 Å². The summed E-state index contributed by atoms with van der Waals surface area (Å²) >= 11 is 1.48. The van der Waals surface area contributed by atoms with E-state index in [4.69, 9.17) is 4.74 Å². The Kier molecular flexibility index (Phi) is 4.12. The number of benzene rings is 2. The molecule has 2 amide bonds. The number of rotatable bonds is 4. The monoisotopic (exact) mass is 381 g/mol. The van der Waals surface area contributed by atoms with Gasteiger partial charge in [0.25, 0.3) is 11.8 Å². The summed E-state index contributed by atoms with van der Waals surface area (Å²) in [5, 5.41) is 0.847. The number of amides is 2. The van der Waals surface area contributed by atoms with E-state index in [1.165, 1.54) is 11.3 Å². The Hall–Kier alpha value is -3.26. The third-order valence-electron chi connectivity index (χ3n) is 4.13. The maximum absolute atomic E-state index is 12.3. The summed E-state index contributed by atoms with van der Waals surface area (Å²) in [5.41, 5.74) is 1.42. The number of ether oxygens (including phenoxy) is 1. The van der Waals surface area contributed by atoms with Crippen molar-refractivity contribution in [3.05, 3.63) is 53.6 Å². The highest BCUT2D eigenvalue weighted by molar-refractivity contribution is 7.22. The van der Waals surface area contributed by atoms with Gasteiger partial charge in [-0.2, -0.15) is 0 Å². The average molecular weight is 381 g/mol. The van der Waals surface area contributed by atoms with Crippen LogP contribution in [-0.4, -0.2) is 48.3 Å². The van der Waals surface area contributed by atoms with Crippen LogP contribution in [0.1, 0.15) is 20.7 Å². The third-order valence-corrected chi connectivity index (χ3v) is 5.31. The van der Waals surface area contributed by atoms with Gasteiger partial charge in [-0.15, -0.1) is 0 Å². The number of carbonyl (C=O) groups is 3. The SMILES string of the molecule is CN(C)c1nc2ccc(OC(=O)CN3C(=O)c4ccccc4C3=O)cc2s1. The molecule has 2 heterocycles. The maximum Gasteiger partial charge on any atom is 0.331 e. The number of esters is 1. The van der Waals surface area contributed by atoms with Crippen molar-refractivity contribution >= 4 is 44.5 Å². The molecule has 4 rings (SSSR count). The van der Waals surface area contributed by atoms with E-state index in [9.17, 15) is 14.4 Å². The Morgan fingerprint density at radius 3 is 2.41 bits per heavy atom. The smallest absolute Gasteiger partial charge is 0.331 e. The standard InChI is InChI=1S/C19H15N3O4S/c1-21(2)19-20-14-8-7-11(9-15(14)27-19)26-16(23)10-22-17(24)12-5-3-4-6-13(12)18(22)25/h3-9H,10H2,1-2H3. The van der Waals surface area contributed by atoms with E-state index >= 15 is 0 Å². The molecule has 2 aromatic carbocycles. The summed E-state index contributed by atoms with van der Waals surface area (Å²) in [5.74, 6) is -1.30. The molecule has 0 saturated carbocycles. The van der Waals surface area contributed by atoms with Crippen molar-refractivity contribution < 1.29 is 19.1 Å². The topological polar surface area (TPSA) is 79.8 Å². The fraction of sp³-hybridized carbons (Fsp3) is 0.158. The predicted octanol–water partition coefficient (Wildman–Crippen LogP) is 2.56. The molecule has 0 bridgehead atoms. The zero-order valence-corrected chi connectivity index (χ0v) is 15.4. The van der Waals surface area contributed by atoms with Crippen molar-refractivity contribution in [3.63, 3.8) is 0 Å². The van der Waals surface area contributed by atoms with Crippen molar-refractivity contribution in [1.82, 2.24) is 9.88 Å². The molecule has 0 radical (unpaired) electrons. The maximum atomic E-state index is 12.3. The normalized spacial score (nSPS) is 13.2. The summed E-state index contributed by atoms with van der Waals surface area (Å²) in [6.07, 6.45) is 0. The largest absolute Gasteiger partial charge is 0.425 e. The minimum absolute atomic E-state index is 0.303. The lowest BCUT2D eigenvalue weighted by molar-refractivity contribution is -0.134. The Labute approximate surface area is 158 Å². The van der Waals surface area contributed by atoms with Gasteiger partial charge in [0, 0.05) is 20.2 Å². The molecule has 8 heteroatoms. The second kappa shape index (κ2) is 6.48. The number of carbonyl (C=O) groups excluding carboxylic acids is 3. The van der Waals surface area contributed by atoms with Crippen LogP contribution in [-0.2, 0) is 4.79 Å². The van der Waals surface area contributed by atoms with Crippen LogP contribution in [0.2, 0.25) is 0 Å². The van der Waals surface area contributed by atoms with Crippen LogP contribution >= 0.6 is 11.3 Å². The van der Waals surface area contributed by atoms with Gasteiger partial charge in [-0.25, -0.2) is 9.78 Å². The Bertz CT molecular complexity index is 1050. The first kappa shape index (κ1) is 17.2. The van der Waals surface area contributed by atoms with Gasteiger partial charge in [-0.05, 0) is 24.3 Å². The number of fused-ring (bicyclic) bond motifs is 2. The van der Waals surface area contributed by atoms with Crippen LogP contribution in [0.15, 0.2) is 42.5 Å². The number of nitrogens with zero attached hydrogens (tertiary/aromatic N) is 3. The number of imide groups is 1. The molecular formula is C19H15N3O4S. The average Bonchev–Trinajstić information content (AvgIpc) is 3.17. The van der Waals surface area contributed by atoms with E-state index in [1.807, 2.05) is 19.0 Å². The fourth-order valence-corrected chi connectivity index (χ4v) is 3.74. The van der Waals surface area contributed by atoms with Crippen molar-refractivity contribution in [2.75, 3.05) is 25.5 Å². The van der Waals surface area contributed by atoms with Crippen LogP contribution in [0.4, 0.5) is 5.13 Å². The zero-order chi connectivity index (χ0) is 19.1. The first-order valence-corrected chi connectivity index (χ1v) is 8.99. The number of aromatic nitrogens is 1. The van der Waals surface area contributed by atoms with Crippen LogP contribution in [0.25, 0.3) is 10.2 Å². The number of thiazole rings is 1. The van der Waals surface area contributed by atoms with E-state index in [0.29, 0.717) is 16.9 Å². The van der Waals surface area contributed by atoms with Crippen molar-refractivity contribution in [1.29, 1.82) is 0 Å². The van der Waals surface area contributed by atoms with Gasteiger partial charge in [0.1, 0.15) is 12.3 Å². The Balaban J connectivity index is 1.49. The first-order valence-electron chi connectivity index (χ1n) is 8.18. The lowest BCUT2D eigenvalue weighted by Gasteiger charge is -2.12. The van der Waals surface area contributed by atoms with E-state index in [1.54, 1.807) is 42.5 Å². The first-order chi connectivity index (χ1) is 12.9. The van der Waals surface area contributed by atoms with E-state index in [2.05, 4.69) is 4.98 Å². The second-order valence-corrected chi connectivity index (χ2v) is 7.25. The van der Waals surface area contributed by atoms with E-state index in [0.717, 1.165) is 20.2 Å². The molecular weight excluding hydrogens is 366 g/mol. The predicted molar refractivity (Wildman–Crippen MR) is 101 cm³/mol. The summed E-state index contributed by atoms with van der Waals surface area (Å²) in [6, 6.07) is 11.6. The lowest BCUT2D eigenvalue weighted by Crippen LogP contribution is -2.36. The van der Waals surface area contributed by atoms with Gasteiger partial charge in [-0.1, -0.05) is 23.5 Å². The fourth-order valence-electron chi connectivity index (χ4n) is 2.82. The molecule has 0 spiro atoms. The van der Waals surface area contributed by atoms with Crippen LogP contribution in [0, 0.1) is 0 Å². The number of hydrogen-bond acceptors (Lipinski definition) is 7. The molecule has 1 aromatic heterocycles. The molecule has 1 aliphatic heterocycles. The molecule has 0 unspecified atom stereocenters. The second-order valence-electron chi connectivity index (χ2n) is 6.24. The highest BCUT2D eigenvalue weighted by Crippen LogP contribution is 2.30. The summed E-state index contributed by atoms with van der Waals surface area (Å²) < 4.78 is 6.21. The van der Waals surface area contributed by atoms with Gasteiger partial charge in [-0.3, -0.25) is 14.5 Å². The van der Waals surface area contributed by atoms with Crippen molar-refractivity contribution in [3.8, 4) is 5.75 Å². The van der Waals surface area contributed by atoms with Crippen LogP contribution in [0.3, 0.4) is 0 Å². The molecule has 27 heavy (non-hydrogen) atoms. The number of hydrogen-bond donors (Lipinski definition) is 0. The number of anilines is 1. The summed E-state index contributed by atoms with van der Waals surface area (Å²) in [4.78, 5) is 44.2. The molecule has 1 aliphatic rings. The molecule has 3 aromatic rings. The van der Waals surface area contributed by atoms with Gasteiger partial charge in [0.15, 0.2) is 5.13 Å². The van der Waals surface area contributed by atoms with E-state index < -0.39 is 24.3 Å². The summed E-state index contributed by atoms with van der Waals surface area (Å²) in [7, 11) is 3.81. The van der Waals surface area contributed by atoms with E-state index in [-0.39, 0.29) is 0 Å². The quantitative estimate of drug-likeness (QED) is 0.393. The highest BCUT2D eigenvalue weighted by atomic mass is 32.1. The van der Waals surface area contributed by atoms with Gasteiger partial charge < -0.3 is 9.64 Å². The molecule has 0 atom stereocenters. The summed E-state index contributed by atoms with van der Waals surface area (Å²) in [6.45, 7) is -0.435. The van der Waals surface area contributed by atoms with Crippen molar-refractivity contribution in [2.24, 2.45) is 0 Å². The van der Waals surface area contributed by atoms with Gasteiger partial charge in [0.2, 0.25) is 0 Å². The minimum atomic E-state index is -0.679. The minimum Gasteiger partial charge on any atom is -0.425 e. The molecule has 0 saturated heterocycles. The molecule has 7 nitrogen and oxygen atoms in total.